The van der Waals surface area contributed by atoms with E-state index >= 15 is 0 Å². The molecule has 0 saturated heterocycles. The Morgan fingerprint density at radius 3 is 2.54 bits per heavy atom. The van der Waals surface area contributed by atoms with Crippen molar-refractivity contribution >= 4 is 5.97 Å². The van der Waals surface area contributed by atoms with Gasteiger partial charge in [0.2, 0.25) is 0 Å². The van der Waals surface area contributed by atoms with Gasteiger partial charge in [0.1, 0.15) is 5.82 Å². The predicted molar refractivity (Wildman–Crippen MR) is 98.5 cm³/mol. The minimum atomic E-state index is -0.927. The van der Waals surface area contributed by atoms with Crippen LogP contribution in [0.15, 0.2) is 48.5 Å². The summed E-state index contributed by atoms with van der Waals surface area (Å²) >= 11 is 0. The van der Waals surface area contributed by atoms with Crippen LogP contribution in [0.5, 0.6) is 6.01 Å². The van der Waals surface area contributed by atoms with E-state index in [9.17, 15) is 9.90 Å². The van der Waals surface area contributed by atoms with Gasteiger partial charge in [-0.25, -0.2) is 9.48 Å². The Balaban J connectivity index is 1.85. The van der Waals surface area contributed by atoms with Crippen molar-refractivity contribution in [1.82, 2.24) is 14.8 Å². The highest BCUT2D eigenvalue weighted by Gasteiger charge is 2.12. The van der Waals surface area contributed by atoms with Gasteiger partial charge in [-0.15, -0.1) is 5.10 Å². The number of benzene rings is 2. The number of carboxylic acids is 1. The Hall–Kier alpha value is -3.15. The van der Waals surface area contributed by atoms with Gasteiger partial charge in [-0.1, -0.05) is 49.4 Å². The van der Waals surface area contributed by atoms with Gasteiger partial charge < -0.3 is 9.84 Å². The van der Waals surface area contributed by atoms with Crippen LogP contribution in [0.2, 0.25) is 0 Å². The van der Waals surface area contributed by atoms with Gasteiger partial charge in [-0.3, -0.25) is 0 Å². The van der Waals surface area contributed by atoms with E-state index in [1.54, 1.807) is 19.2 Å². The van der Waals surface area contributed by atoms with Gasteiger partial charge in [0.15, 0.2) is 0 Å². The number of carbonyl (C=O) groups is 1. The predicted octanol–water partition coefficient (Wildman–Crippen LogP) is 3.65. The van der Waals surface area contributed by atoms with Crippen LogP contribution >= 0.6 is 0 Å². The lowest BCUT2D eigenvalue weighted by Crippen LogP contribution is -2.07. The molecule has 0 unspecified atom stereocenters. The van der Waals surface area contributed by atoms with Crippen LogP contribution in [0.1, 0.15) is 35.1 Å². The molecule has 3 aromatic rings. The molecule has 1 aromatic heterocycles. The summed E-state index contributed by atoms with van der Waals surface area (Å²) in [5.74, 6) is -0.0340. The second kappa shape index (κ2) is 7.82. The number of rotatable bonds is 7. The van der Waals surface area contributed by atoms with Crippen molar-refractivity contribution in [2.45, 2.75) is 26.3 Å². The molecule has 0 fully saturated rings. The smallest absolute Gasteiger partial charge is 0.336 e. The molecule has 1 N–H and O–H groups in total. The van der Waals surface area contributed by atoms with Gasteiger partial charge >= 0.3 is 12.0 Å². The molecule has 0 aliphatic carbocycles. The Morgan fingerprint density at radius 2 is 1.88 bits per heavy atom. The molecule has 0 aliphatic rings. The molecule has 1 heterocycles. The third-order valence-electron chi connectivity index (χ3n) is 4.14. The quantitative estimate of drug-likeness (QED) is 0.703. The van der Waals surface area contributed by atoms with E-state index in [0.29, 0.717) is 23.7 Å². The van der Waals surface area contributed by atoms with E-state index in [1.807, 2.05) is 41.1 Å². The minimum Gasteiger partial charge on any atom is -0.478 e. The maximum atomic E-state index is 11.4. The summed E-state index contributed by atoms with van der Waals surface area (Å²) in [6, 6.07) is 15.2. The summed E-state index contributed by atoms with van der Waals surface area (Å²) in [6.45, 7) is 2.69. The second-order valence-electron chi connectivity index (χ2n) is 5.97. The standard InChI is InChI=1S/C20H21N3O3/c1-3-6-18-21-20(26-2)22-23(18)13-14-9-11-15(12-10-14)16-7-4-5-8-17(16)19(24)25/h4-5,7-12H,3,6,13H2,1-2H3,(H,24,25). The molecule has 26 heavy (non-hydrogen) atoms. The van der Waals surface area contributed by atoms with E-state index in [-0.39, 0.29) is 0 Å². The van der Waals surface area contributed by atoms with E-state index in [2.05, 4.69) is 17.0 Å². The minimum absolute atomic E-state index is 0.298. The summed E-state index contributed by atoms with van der Waals surface area (Å²) < 4.78 is 6.98. The van der Waals surface area contributed by atoms with Crippen molar-refractivity contribution in [3.05, 3.63) is 65.5 Å². The van der Waals surface area contributed by atoms with Gasteiger partial charge in [0.05, 0.1) is 19.2 Å². The van der Waals surface area contributed by atoms with Crippen molar-refractivity contribution in [1.29, 1.82) is 0 Å². The number of carboxylic acid groups (broad SMARTS) is 1. The first kappa shape index (κ1) is 17.7. The van der Waals surface area contributed by atoms with Gasteiger partial charge in [0.25, 0.3) is 0 Å². The van der Waals surface area contributed by atoms with Crippen molar-refractivity contribution in [2.75, 3.05) is 7.11 Å². The monoisotopic (exact) mass is 351 g/mol. The highest BCUT2D eigenvalue weighted by Crippen LogP contribution is 2.24. The van der Waals surface area contributed by atoms with Crippen molar-refractivity contribution < 1.29 is 14.6 Å². The molecule has 2 aromatic carbocycles. The normalized spacial score (nSPS) is 10.7. The first-order valence-electron chi connectivity index (χ1n) is 8.51. The number of hydrogen-bond donors (Lipinski definition) is 1. The molecular formula is C20H21N3O3. The molecular weight excluding hydrogens is 330 g/mol. The van der Waals surface area contributed by atoms with Crippen LogP contribution in [-0.4, -0.2) is 33.0 Å². The van der Waals surface area contributed by atoms with Crippen LogP contribution in [0.4, 0.5) is 0 Å². The summed E-state index contributed by atoms with van der Waals surface area (Å²) in [6.07, 6.45) is 1.81. The molecule has 0 atom stereocenters. The molecule has 6 heteroatoms. The number of hydrogen-bond acceptors (Lipinski definition) is 4. The molecule has 6 nitrogen and oxygen atoms in total. The fourth-order valence-electron chi connectivity index (χ4n) is 2.86. The second-order valence-corrected chi connectivity index (χ2v) is 5.97. The summed E-state index contributed by atoms with van der Waals surface area (Å²) in [4.78, 5) is 15.8. The van der Waals surface area contributed by atoms with E-state index in [0.717, 1.165) is 29.8 Å². The molecule has 0 radical (unpaired) electrons. The maximum Gasteiger partial charge on any atom is 0.336 e. The zero-order valence-electron chi connectivity index (χ0n) is 14.8. The van der Waals surface area contributed by atoms with Gasteiger partial charge in [-0.05, 0) is 29.2 Å². The van der Waals surface area contributed by atoms with E-state index in [4.69, 9.17) is 4.74 Å². The van der Waals surface area contributed by atoms with Crippen molar-refractivity contribution in [3.63, 3.8) is 0 Å². The van der Waals surface area contributed by atoms with E-state index < -0.39 is 5.97 Å². The van der Waals surface area contributed by atoms with Crippen LogP contribution in [0.3, 0.4) is 0 Å². The topological polar surface area (TPSA) is 77.2 Å². The lowest BCUT2D eigenvalue weighted by atomic mass is 9.99. The number of aryl methyl sites for hydroxylation is 1. The SMILES string of the molecule is CCCc1nc(OC)nn1Cc1ccc(-c2ccccc2C(=O)O)cc1. The fraction of sp³-hybridized carbons (Fsp3) is 0.250. The van der Waals surface area contributed by atoms with Gasteiger partial charge in [-0.2, -0.15) is 4.98 Å². The number of ether oxygens (including phenoxy) is 1. The summed E-state index contributed by atoms with van der Waals surface area (Å²) in [5, 5.41) is 13.7. The third kappa shape index (κ3) is 3.74. The maximum absolute atomic E-state index is 11.4. The molecule has 0 saturated carbocycles. The van der Waals surface area contributed by atoms with Crippen LogP contribution in [0.25, 0.3) is 11.1 Å². The highest BCUT2D eigenvalue weighted by molar-refractivity contribution is 5.95. The Bertz CT molecular complexity index is 901. The lowest BCUT2D eigenvalue weighted by molar-refractivity contribution is 0.0697. The van der Waals surface area contributed by atoms with E-state index in [1.165, 1.54) is 0 Å². The van der Waals surface area contributed by atoms with Crippen molar-refractivity contribution in [2.24, 2.45) is 0 Å². The average Bonchev–Trinajstić information content (AvgIpc) is 3.04. The molecule has 0 spiro atoms. The Kier molecular flexibility index (Phi) is 5.31. The summed E-state index contributed by atoms with van der Waals surface area (Å²) in [7, 11) is 1.56. The average molecular weight is 351 g/mol. The third-order valence-corrected chi connectivity index (χ3v) is 4.14. The lowest BCUT2D eigenvalue weighted by Gasteiger charge is -2.08. The Morgan fingerprint density at radius 1 is 1.15 bits per heavy atom. The Labute approximate surface area is 152 Å². The number of aromatic nitrogens is 3. The first-order valence-corrected chi connectivity index (χ1v) is 8.51. The molecule has 0 aliphatic heterocycles. The number of nitrogens with zero attached hydrogens (tertiary/aromatic N) is 3. The van der Waals surface area contributed by atoms with Crippen LogP contribution in [-0.2, 0) is 13.0 Å². The molecule has 0 bridgehead atoms. The number of methoxy groups -OCH3 is 1. The van der Waals surface area contributed by atoms with Crippen LogP contribution < -0.4 is 4.74 Å². The largest absolute Gasteiger partial charge is 0.478 e. The molecule has 3 rings (SSSR count). The molecule has 134 valence electrons. The van der Waals surface area contributed by atoms with Crippen LogP contribution in [0, 0.1) is 0 Å². The molecule has 0 amide bonds. The van der Waals surface area contributed by atoms with Gasteiger partial charge in [0, 0.05) is 6.42 Å². The summed E-state index contributed by atoms with van der Waals surface area (Å²) in [5.41, 5.74) is 2.94. The zero-order chi connectivity index (χ0) is 18.5. The zero-order valence-corrected chi connectivity index (χ0v) is 14.8. The number of aromatic carboxylic acids is 1. The highest BCUT2D eigenvalue weighted by atomic mass is 16.5. The first-order chi connectivity index (χ1) is 12.6. The van der Waals surface area contributed by atoms with Crippen molar-refractivity contribution in [3.8, 4) is 17.1 Å². The fourth-order valence-corrected chi connectivity index (χ4v) is 2.86.